The summed E-state index contributed by atoms with van der Waals surface area (Å²) in [5.74, 6) is -0.794. The normalized spacial score (nSPS) is 40.9. The van der Waals surface area contributed by atoms with Gasteiger partial charge in [-0.2, -0.15) is 0 Å². The largest absolute Gasteiger partial charge is 0.481 e. The standard InChI is InChI=1S/C7H10O3.C4H8O/c8-7(9)4-1-2-5-6(3-4)10-5;1-2-4-3-5-4/h4-6H,1-3H2,(H,8,9);4H,2-3H2,1H3. The van der Waals surface area contributed by atoms with Gasteiger partial charge in [-0.1, -0.05) is 6.92 Å². The van der Waals surface area contributed by atoms with E-state index in [0.717, 1.165) is 25.9 Å². The van der Waals surface area contributed by atoms with E-state index in [4.69, 9.17) is 14.6 Å². The lowest BCUT2D eigenvalue weighted by Gasteiger charge is -2.12. The highest BCUT2D eigenvalue weighted by Crippen LogP contribution is 2.39. The van der Waals surface area contributed by atoms with E-state index < -0.39 is 5.97 Å². The highest BCUT2D eigenvalue weighted by atomic mass is 16.6. The lowest BCUT2D eigenvalue weighted by molar-refractivity contribution is -0.142. The summed E-state index contributed by atoms with van der Waals surface area (Å²) in [5, 5.41) is 8.62. The molecule has 15 heavy (non-hydrogen) atoms. The molecule has 4 heteroatoms. The number of carboxylic acids is 1. The third-order valence-corrected chi connectivity index (χ3v) is 3.21. The van der Waals surface area contributed by atoms with E-state index in [0.29, 0.717) is 12.2 Å². The first kappa shape index (κ1) is 10.9. The molecule has 1 N–H and O–H groups in total. The summed E-state index contributed by atoms with van der Waals surface area (Å²) >= 11 is 0. The lowest BCUT2D eigenvalue weighted by Crippen LogP contribution is -2.21. The van der Waals surface area contributed by atoms with Crippen LogP contribution in [0.4, 0.5) is 0 Å². The van der Waals surface area contributed by atoms with Gasteiger partial charge in [0.05, 0.1) is 30.8 Å². The molecule has 1 saturated carbocycles. The van der Waals surface area contributed by atoms with Gasteiger partial charge in [0.25, 0.3) is 0 Å². The third kappa shape index (κ3) is 3.18. The predicted octanol–water partition coefficient (Wildman–Crippen LogP) is 1.43. The minimum Gasteiger partial charge on any atom is -0.481 e. The molecule has 86 valence electrons. The van der Waals surface area contributed by atoms with Crippen molar-refractivity contribution in [1.29, 1.82) is 0 Å². The molecule has 2 aliphatic heterocycles. The minimum atomic E-state index is -0.658. The second-order valence-electron chi connectivity index (χ2n) is 4.42. The highest BCUT2D eigenvalue weighted by Gasteiger charge is 2.45. The van der Waals surface area contributed by atoms with Crippen molar-refractivity contribution in [1.82, 2.24) is 0 Å². The van der Waals surface area contributed by atoms with Gasteiger partial charge in [0, 0.05) is 0 Å². The molecule has 3 rings (SSSR count). The van der Waals surface area contributed by atoms with Crippen molar-refractivity contribution in [2.24, 2.45) is 5.92 Å². The van der Waals surface area contributed by atoms with Crippen LogP contribution >= 0.6 is 0 Å². The number of ether oxygens (including phenoxy) is 2. The molecule has 0 aromatic rings. The molecule has 0 aromatic heterocycles. The summed E-state index contributed by atoms with van der Waals surface area (Å²) in [7, 11) is 0. The zero-order valence-corrected chi connectivity index (χ0v) is 9.02. The molecule has 3 aliphatic rings. The van der Waals surface area contributed by atoms with Gasteiger partial charge in [-0.05, 0) is 25.7 Å². The molecule has 0 amide bonds. The van der Waals surface area contributed by atoms with Crippen LogP contribution in [0.25, 0.3) is 0 Å². The van der Waals surface area contributed by atoms with Crippen molar-refractivity contribution < 1.29 is 19.4 Å². The number of hydrogen-bond acceptors (Lipinski definition) is 3. The summed E-state index contributed by atoms with van der Waals surface area (Å²) in [5.41, 5.74) is 0. The third-order valence-electron chi connectivity index (χ3n) is 3.21. The van der Waals surface area contributed by atoms with E-state index in [2.05, 4.69) is 6.92 Å². The molecule has 0 spiro atoms. The Labute approximate surface area is 89.6 Å². The molecule has 0 aromatic carbocycles. The molecule has 4 atom stereocenters. The van der Waals surface area contributed by atoms with E-state index in [9.17, 15) is 4.79 Å². The first-order valence-corrected chi connectivity index (χ1v) is 5.70. The van der Waals surface area contributed by atoms with Crippen molar-refractivity contribution in [3.63, 3.8) is 0 Å². The second-order valence-corrected chi connectivity index (χ2v) is 4.42. The second kappa shape index (κ2) is 4.49. The van der Waals surface area contributed by atoms with E-state index in [1.165, 1.54) is 6.42 Å². The van der Waals surface area contributed by atoms with Gasteiger partial charge >= 0.3 is 5.97 Å². The molecule has 0 bridgehead atoms. The topological polar surface area (TPSA) is 62.4 Å². The fraction of sp³-hybridized carbons (Fsp3) is 0.909. The average Bonchev–Trinajstić information content (AvgIpc) is 3.12. The summed E-state index contributed by atoms with van der Waals surface area (Å²) < 4.78 is 10.1. The van der Waals surface area contributed by atoms with Gasteiger partial charge in [-0.25, -0.2) is 0 Å². The Bertz CT molecular complexity index is 237. The molecular weight excluding hydrogens is 196 g/mol. The minimum absolute atomic E-state index is 0.135. The fourth-order valence-electron chi connectivity index (χ4n) is 1.93. The quantitative estimate of drug-likeness (QED) is 0.706. The van der Waals surface area contributed by atoms with Crippen LogP contribution < -0.4 is 0 Å². The summed E-state index contributed by atoms with van der Waals surface area (Å²) in [6.45, 7) is 3.15. The van der Waals surface area contributed by atoms with Gasteiger partial charge in [-0.3, -0.25) is 4.79 Å². The smallest absolute Gasteiger partial charge is 0.306 e. The van der Waals surface area contributed by atoms with Gasteiger partial charge < -0.3 is 14.6 Å². The van der Waals surface area contributed by atoms with Gasteiger partial charge in [0.1, 0.15) is 0 Å². The monoisotopic (exact) mass is 214 g/mol. The highest BCUT2D eigenvalue weighted by molar-refractivity contribution is 5.70. The maximum absolute atomic E-state index is 10.5. The summed E-state index contributed by atoms with van der Waals surface area (Å²) in [6, 6.07) is 0. The molecule has 3 fully saturated rings. The van der Waals surface area contributed by atoms with Crippen LogP contribution in [-0.2, 0) is 14.3 Å². The molecule has 4 unspecified atom stereocenters. The van der Waals surface area contributed by atoms with Crippen LogP contribution in [0, 0.1) is 5.92 Å². The van der Waals surface area contributed by atoms with Gasteiger partial charge in [0.2, 0.25) is 0 Å². The number of carboxylic acid groups (broad SMARTS) is 1. The number of epoxide rings is 2. The fourth-order valence-corrected chi connectivity index (χ4v) is 1.93. The van der Waals surface area contributed by atoms with Crippen molar-refractivity contribution >= 4 is 5.97 Å². The van der Waals surface area contributed by atoms with Crippen LogP contribution in [0.3, 0.4) is 0 Å². The SMILES string of the molecule is CCC1CO1.O=C(O)C1CCC2OC2C1. The number of carbonyl (C=O) groups is 1. The molecule has 1 aliphatic carbocycles. The van der Waals surface area contributed by atoms with E-state index in [1.54, 1.807) is 0 Å². The van der Waals surface area contributed by atoms with Crippen molar-refractivity contribution in [2.45, 2.75) is 50.9 Å². The van der Waals surface area contributed by atoms with Crippen LogP contribution in [0.15, 0.2) is 0 Å². The molecule has 0 radical (unpaired) electrons. The number of fused-ring (bicyclic) bond motifs is 1. The Kier molecular flexibility index (Phi) is 3.26. The summed E-state index contributed by atoms with van der Waals surface area (Å²) in [4.78, 5) is 10.5. The maximum Gasteiger partial charge on any atom is 0.306 e. The molecule has 2 saturated heterocycles. The maximum atomic E-state index is 10.5. The Morgan fingerprint density at radius 1 is 1.40 bits per heavy atom. The zero-order chi connectivity index (χ0) is 10.8. The van der Waals surface area contributed by atoms with Crippen LogP contribution in [-0.4, -0.2) is 36.0 Å². The molecule has 2 heterocycles. The Balaban J connectivity index is 0.000000144. The average molecular weight is 214 g/mol. The molecular formula is C11H18O4. The van der Waals surface area contributed by atoms with Crippen LogP contribution in [0.2, 0.25) is 0 Å². The van der Waals surface area contributed by atoms with Crippen LogP contribution in [0.5, 0.6) is 0 Å². The Hall–Kier alpha value is -0.610. The first-order valence-electron chi connectivity index (χ1n) is 5.70. The first-order chi connectivity index (χ1) is 7.20. The van der Waals surface area contributed by atoms with E-state index >= 15 is 0 Å². The number of hydrogen-bond donors (Lipinski definition) is 1. The number of rotatable bonds is 2. The lowest BCUT2D eigenvalue weighted by atomic mass is 9.90. The number of aliphatic carboxylic acids is 1. The zero-order valence-electron chi connectivity index (χ0n) is 9.02. The molecule has 4 nitrogen and oxygen atoms in total. The van der Waals surface area contributed by atoms with Crippen molar-refractivity contribution in [3.05, 3.63) is 0 Å². The Morgan fingerprint density at radius 3 is 2.53 bits per heavy atom. The summed E-state index contributed by atoms with van der Waals surface area (Å²) in [6.07, 6.45) is 5.01. The van der Waals surface area contributed by atoms with Gasteiger partial charge in [-0.15, -0.1) is 0 Å². The predicted molar refractivity (Wildman–Crippen MR) is 53.7 cm³/mol. The van der Waals surface area contributed by atoms with E-state index in [1.807, 2.05) is 0 Å². The van der Waals surface area contributed by atoms with Crippen LogP contribution in [0.1, 0.15) is 32.6 Å². The van der Waals surface area contributed by atoms with Gasteiger partial charge in [0.15, 0.2) is 0 Å². The van der Waals surface area contributed by atoms with E-state index in [-0.39, 0.29) is 12.0 Å². The Morgan fingerprint density at radius 2 is 2.13 bits per heavy atom. The van der Waals surface area contributed by atoms with Crippen molar-refractivity contribution in [3.8, 4) is 0 Å². The van der Waals surface area contributed by atoms with Crippen molar-refractivity contribution in [2.75, 3.05) is 6.61 Å².